The number of carbonyl (C=O) groups excluding carboxylic acids is 1. The van der Waals surface area contributed by atoms with Crippen LogP contribution in [0.1, 0.15) is 32.6 Å². The maximum atomic E-state index is 10.9. The van der Waals surface area contributed by atoms with Crippen molar-refractivity contribution in [1.82, 2.24) is 0 Å². The first-order chi connectivity index (χ1) is 5.99. The van der Waals surface area contributed by atoms with E-state index < -0.39 is 8.07 Å². The molecule has 1 aliphatic heterocycles. The summed E-state index contributed by atoms with van der Waals surface area (Å²) in [5, 5.41) is 0. The molecule has 0 aromatic carbocycles. The Hall–Kier alpha value is -0.113. The predicted molar refractivity (Wildman–Crippen MR) is 59.7 cm³/mol. The van der Waals surface area contributed by atoms with E-state index in [0.717, 1.165) is 18.8 Å². The second-order valence-corrected chi connectivity index (χ2v) is 10.6. The Morgan fingerprint density at radius 1 is 1.46 bits per heavy atom. The topological polar surface area (TPSA) is 17.1 Å². The van der Waals surface area contributed by atoms with Gasteiger partial charge in [-0.05, 0) is 19.3 Å². The maximum absolute atomic E-state index is 10.9. The maximum Gasteiger partial charge on any atom is 0.129 e. The summed E-state index contributed by atoms with van der Waals surface area (Å²) in [6.07, 6.45) is 4.77. The fourth-order valence-corrected chi connectivity index (χ4v) is 5.85. The lowest BCUT2D eigenvalue weighted by molar-refractivity contribution is -0.117. The molecule has 1 unspecified atom stereocenters. The smallest absolute Gasteiger partial charge is 0.129 e. The second kappa shape index (κ2) is 4.40. The number of hydrogen-bond acceptors (Lipinski definition) is 1. The standard InChI is InChI=1S/C11H22OSi/c1-10(12)6-7-11-5-4-8-13(2,3)9-11/h11H,4-9H2,1-3H3. The lowest BCUT2D eigenvalue weighted by Crippen LogP contribution is -2.32. The molecule has 0 spiro atoms. The minimum Gasteiger partial charge on any atom is -0.300 e. The molecule has 0 aromatic heterocycles. The third kappa shape index (κ3) is 4.07. The first-order valence-corrected chi connectivity index (χ1v) is 8.90. The summed E-state index contributed by atoms with van der Waals surface area (Å²) in [4.78, 5) is 10.9. The van der Waals surface area contributed by atoms with Crippen LogP contribution in [-0.4, -0.2) is 13.9 Å². The van der Waals surface area contributed by atoms with Crippen LogP contribution in [0.5, 0.6) is 0 Å². The molecule has 0 amide bonds. The van der Waals surface area contributed by atoms with Crippen LogP contribution in [0.25, 0.3) is 0 Å². The zero-order valence-corrected chi connectivity index (χ0v) is 10.2. The molecule has 0 N–H and O–H groups in total. The summed E-state index contributed by atoms with van der Waals surface area (Å²) in [6.45, 7) is 6.70. The Morgan fingerprint density at radius 2 is 2.15 bits per heavy atom. The quantitative estimate of drug-likeness (QED) is 0.635. The summed E-state index contributed by atoms with van der Waals surface area (Å²) < 4.78 is 0. The van der Waals surface area contributed by atoms with Crippen molar-refractivity contribution >= 4 is 13.9 Å². The van der Waals surface area contributed by atoms with Gasteiger partial charge >= 0.3 is 0 Å². The molecule has 76 valence electrons. The van der Waals surface area contributed by atoms with Crippen molar-refractivity contribution < 1.29 is 4.79 Å². The highest BCUT2D eigenvalue weighted by molar-refractivity contribution is 6.77. The van der Waals surface area contributed by atoms with E-state index in [2.05, 4.69) is 13.1 Å². The number of carbonyl (C=O) groups is 1. The summed E-state index contributed by atoms with van der Waals surface area (Å²) in [6, 6.07) is 2.96. The van der Waals surface area contributed by atoms with Gasteiger partial charge in [-0.15, -0.1) is 0 Å². The predicted octanol–water partition coefficient (Wildman–Crippen LogP) is 3.47. The summed E-state index contributed by atoms with van der Waals surface area (Å²) >= 11 is 0. The Labute approximate surface area is 82.9 Å². The van der Waals surface area contributed by atoms with E-state index in [9.17, 15) is 4.79 Å². The summed E-state index contributed by atoms with van der Waals surface area (Å²) in [5.74, 6) is 1.24. The van der Waals surface area contributed by atoms with Crippen molar-refractivity contribution in [2.24, 2.45) is 5.92 Å². The van der Waals surface area contributed by atoms with Crippen molar-refractivity contribution in [2.75, 3.05) is 0 Å². The van der Waals surface area contributed by atoms with E-state index in [0.29, 0.717) is 5.78 Å². The molecular formula is C11H22OSi. The van der Waals surface area contributed by atoms with Crippen LogP contribution >= 0.6 is 0 Å². The van der Waals surface area contributed by atoms with Crippen LogP contribution in [0.15, 0.2) is 0 Å². The third-order valence-corrected chi connectivity index (χ3v) is 6.60. The molecule has 1 heterocycles. The van der Waals surface area contributed by atoms with Crippen molar-refractivity contribution in [3.63, 3.8) is 0 Å². The normalized spacial score (nSPS) is 27.2. The molecule has 1 fully saturated rings. The molecule has 0 aliphatic carbocycles. The highest BCUT2D eigenvalue weighted by Crippen LogP contribution is 2.34. The van der Waals surface area contributed by atoms with Crippen LogP contribution in [0.2, 0.25) is 25.2 Å². The van der Waals surface area contributed by atoms with E-state index in [4.69, 9.17) is 0 Å². The average molecular weight is 198 g/mol. The first-order valence-electron chi connectivity index (χ1n) is 5.49. The molecule has 13 heavy (non-hydrogen) atoms. The van der Waals surface area contributed by atoms with Gasteiger partial charge < -0.3 is 4.79 Å². The highest BCUT2D eigenvalue weighted by Gasteiger charge is 2.29. The van der Waals surface area contributed by atoms with E-state index in [-0.39, 0.29) is 0 Å². The van der Waals surface area contributed by atoms with Crippen molar-refractivity contribution in [1.29, 1.82) is 0 Å². The molecule has 1 aliphatic rings. The van der Waals surface area contributed by atoms with Gasteiger partial charge in [-0.3, -0.25) is 0 Å². The minimum atomic E-state index is -0.837. The van der Waals surface area contributed by atoms with E-state index in [1.54, 1.807) is 6.92 Å². The fourth-order valence-electron chi connectivity index (χ4n) is 2.51. The first kappa shape index (κ1) is 11.0. The van der Waals surface area contributed by atoms with Crippen LogP contribution in [0.3, 0.4) is 0 Å². The molecular weight excluding hydrogens is 176 g/mol. The van der Waals surface area contributed by atoms with Gasteiger partial charge in [-0.25, -0.2) is 0 Å². The van der Waals surface area contributed by atoms with Gasteiger partial charge in [0.25, 0.3) is 0 Å². The Kier molecular flexibility index (Phi) is 3.71. The average Bonchev–Trinajstić information content (AvgIpc) is 1.99. The van der Waals surface area contributed by atoms with Crippen LogP contribution in [0, 0.1) is 5.92 Å². The lowest BCUT2D eigenvalue weighted by Gasteiger charge is -2.33. The zero-order chi connectivity index (χ0) is 9.90. The number of Topliss-reactive ketones (excluding diaryl/α,β-unsaturated/α-hetero) is 1. The molecule has 1 saturated heterocycles. The Morgan fingerprint density at radius 3 is 2.69 bits per heavy atom. The van der Waals surface area contributed by atoms with Gasteiger partial charge in [0.1, 0.15) is 5.78 Å². The van der Waals surface area contributed by atoms with Gasteiger partial charge in [0.2, 0.25) is 0 Å². The van der Waals surface area contributed by atoms with Gasteiger partial charge in [0.05, 0.1) is 0 Å². The van der Waals surface area contributed by atoms with Crippen molar-refractivity contribution in [3.8, 4) is 0 Å². The zero-order valence-electron chi connectivity index (χ0n) is 9.23. The third-order valence-electron chi connectivity index (χ3n) is 3.21. The molecule has 1 nitrogen and oxygen atoms in total. The number of hydrogen-bond donors (Lipinski definition) is 0. The summed E-state index contributed by atoms with van der Waals surface area (Å²) in [5.41, 5.74) is 0. The number of rotatable bonds is 3. The van der Waals surface area contributed by atoms with Gasteiger partial charge in [0.15, 0.2) is 0 Å². The van der Waals surface area contributed by atoms with Crippen LogP contribution < -0.4 is 0 Å². The molecule has 0 bridgehead atoms. The second-order valence-electron chi connectivity index (χ2n) is 5.37. The largest absolute Gasteiger partial charge is 0.300 e. The van der Waals surface area contributed by atoms with Crippen LogP contribution in [0.4, 0.5) is 0 Å². The monoisotopic (exact) mass is 198 g/mol. The minimum absolute atomic E-state index is 0.366. The summed E-state index contributed by atoms with van der Waals surface area (Å²) in [7, 11) is -0.837. The molecule has 1 rings (SSSR count). The van der Waals surface area contributed by atoms with Crippen molar-refractivity contribution in [3.05, 3.63) is 0 Å². The Balaban J connectivity index is 2.30. The Bertz CT molecular complexity index is 187. The molecule has 0 aromatic rings. The van der Waals surface area contributed by atoms with Gasteiger partial charge in [-0.2, -0.15) is 0 Å². The fraction of sp³-hybridized carbons (Fsp3) is 0.909. The highest BCUT2D eigenvalue weighted by atomic mass is 28.3. The van der Waals surface area contributed by atoms with Crippen LogP contribution in [-0.2, 0) is 4.79 Å². The lowest BCUT2D eigenvalue weighted by atomic mass is 9.98. The van der Waals surface area contributed by atoms with E-state index >= 15 is 0 Å². The number of ketones is 1. The molecule has 0 saturated carbocycles. The molecule has 1 atom stereocenters. The molecule has 0 radical (unpaired) electrons. The SMILES string of the molecule is CC(=O)CCC1CCC[Si](C)(C)C1. The van der Waals surface area contributed by atoms with E-state index in [1.165, 1.54) is 24.9 Å². The van der Waals surface area contributed by atoms with Crippen molar-refractivity contribution in [2.45, 2.75) is 57.8 Å². The van der Waals surface area contributed by atoms with Gasteiger partial charge in [0, 0.05) is 14.5 Å². The van der Waals surface area contributed by atoms with Gasteiger partial charge in [-0.1, -0.05) is 38.0 Å². The van der Waals surface area contributed by atoms with E-state index in [1.807, 2.05) is 0 Å². The molecule has 2 heteroatoms.